The van der Waals surface area contributed by atoms with Crippen LogP contribution >= 0.6 is 0 Å². The van der Waals surface area contributed by atoms with Crippen LogP contribution in [0.25, 0.3) is 0 Å². The highest BCUT2D eigenvalue weighted by molar-refractivity contribution is 7.90. The van der Waals surface area contributed by atoms with Crippen molar-refractivity contribution in [3.05, 3.63) is 0 Å². The minimum Gasteiger partial charge on any atom is -0.469 e. The van der Waals surface area contributed by atoms with Crippen molar-refractivity contribution in [1.82, 2.24) is 9.62 Å². The van der Waals surface area contributed by atoms with Crippen LogP contribution in [0, 0.1) is 5.92 Å². The summed E-state index contributed by atoms with van der Waals surface area (Å²) in [6.07, 6.45) is 1.18. The maximum atomic E-state index is 12.4. The lowest BCUT2D eigenvalue weighted by molar-refractivity contribution is -0.145. The molecule has 3 atom stereocenters. The molecular weight excluding hydrogens is 300 g/mol. The van der Waals surface area contributed by atoms with E-state index in [0.717, 1.165) is 4.90 Å². The van der Waals surface area contributed by atoms with Crippen LogP contribution in [-0.2, 0) is 29.1 Å². The number of nitrogens with zero attached hydrogens (tertiary/aromatic N) is 1. The van der Waals surface area contributed by atoms with E-state index < -0.39 is 45.0 Å². The van der Waals surface area contributed by atoms with Gasteiger partial charge in [-0.25, -0.2) is 13.1 Å². The van der Waals surface area contributed by atoms with Gasteiger partial charge in [-0.05, 0) is 12.8 Å². The molecule has 8 nitrogen and oxygen atoms in total. The van der Waals surface area contributed by atoms with Gasteiger partial charge in [0.1, 0.15) is 6.04 Å². The Morgan fingerprint density at radius 2 is 2.00 bits per heavy atom. The zero-order valence-corrected chi connectivity index (χ0v) is 12.7. The number of nitrogens with one attached hydrogen (secondary N) is 1. The minimum absolute atomic E-state index is 0.190. The van der Waals surface area contributed by atoms with E-state index in [1.54, 1.807) is 0 Å². The third kappa shape index (κ3) is 2.93. The molecule has 1 heterocycles. The van der Waals surface area contributed by atoms with Crippen molar-refractivity contribution < 1.29 is 27.5 Å². The fourth-order valence-corrected chi connectivity index (χ4v) is 4.76. The number of rotatable bonds is 4. The van der Waals surface area contributed by atoms with E-state index in [2.05, 4.69) is 9.46 Å². The molecular formula is C12H18N2O6S. The Balaban J connectivity index is 2.14. The monoisotopic (exact) mass is 318 g/mol. The predicted octanol–water partition coefficient (Wildman–Crippen LogP) is -0.995. The van der Waals surface area contributed by atoms with Crippen LogP contribution in [0.5, 0.6) is 0 Å². The van der Waals surface area contributed by atoms with Gasteiger partial charge in [-0.2, -0.15) is 0 Å². The Hall–Kier alpha value is -1.48. The first-order chi connectivity index (χ1) is 9.77. The SMILES string of the molecule is COC(=O)C1CCCC1S(=O)(=O)NC1CC(=O)N(C)C1=O. The van der Waals surface area contributed by atoms with Gasteiger partial charge in [0.15, 0.2) is 0 Å². The van der Waals surface area contributed by atoms with Gasteiger partial charge in [0.25, 0.3) is 0 Å². The van der Waals surface area contributed by atoms with Crippen molar-refractivity contribution >= 4 is 27.8 Å². The summed E-state index contributed by atoms with van der Waals surface area (Å²) in [4.78, 5) is 35.7. The zero-order chi connectivity index (χ0) is 15.8. The zero-order valence-electron chi connectivity index (χ0n) is 11.9. The van der Waals surface area contributed by atoms with E-state index in [4.69, 9.17) is 0 Å². The van der Waals surface area contributed by atoms with Crippen molar-refractivity contribution in [2.24, 2.45) is 5.92 Å². The molecule has 1 aliphatic carbocycles. The first kappa shape index (κ1) is 15.9. The number of esters is 1. The molecule has 9 heteroatoms. The van der Waals surface area contributed by atoms with Crippen LogP contribution < -0.4 is 4.72 Å². The number of carbonyl (C=O) groups is 3. The highest BCUT2D eigenvalue weighted by Crippen LogP contribution is 2.32. The molecule has 0 bridgehead atoms. The summed E-state index contributed by atoms with van der Waals surface area (Å²) < 4.78 is 31.6. The lowest BCUT2D eigenvalue weighted by Gasteiger charge is -2.20. The Morgan fingerprint density at radius 1 is 1.33 bits per heavy atom. The number of sulfonamides is 1. The average Bonchev–Trinajstić information content (AvgIpc) is 3.01. The van der Waals surface area contributed by atoms with Crippen LogP contribution in [0.2, 0.25) is 0 Å². The Bertz CT molecular complexity index is 572. The van der Waals surface area contributed by atoms with Crippen molar-refractivity contribution in [1.29, 1.82) is 0 Å². The Morgan fingerprint density at radius 3 is 2.52 bits per heavy atom. The van der Waals surface area contributed by atoms with Crippen LogP contribution in [0.15, 0.2) is 0 Å². The molecule has 2 aliphatic rings. The van der Waals surface area contributed by atoms with E-state index >= 15 is 0 Å². The van der Waals surface area contributed by atoms with Crippen molar-refractivity contribution in [2.75, 3.05) is 14.2 Å². The summed E-state index contributed by atoms with van der Waals surface area (Å²) >= 11 is 0. The third-order valence-electron chi connectivity index (χ3n) is 4.04. The number of likely N-dealkylation sites (N-methyl/N-ethyl adjacent to an activating group) is 1. The quantitative estimate of drug-likeness (QED) is 0.526. The first-order valence-electron chi connectivity index (χ1n) is 6.67. The fraction of sp³-hybridized carbons (Fsp3) is 0.750. The second-order valence-electron chi connectivity index (χ2n) is 5.31. The smallest absolute Gasteiger partial charge is 0.310 e. The van der Waals surface area contributed by atoms with Gasteiger partial charge in [-0.3, -0.25) is 19.3 Å². The lowest BCUT2D eigenvalue weighted by Crippen LogP contribution is -2.46. The van der Waals surface area contributed by atoms with E-state index in [9.17, 15) is 22.8 Å². The molecule has 3 unspecified atom stereocenters. The van der Waals surface area contributed by atoms with Crippen LogP contribution in [0.4, 0.5) is 0 Å². The molecule has 0 aromatic heterocycles. The highest BCUT2D eigenvalue weighted by atomic mass is 32.2. The number of imide groups is 1. The van der Waals surface area contributed by atoms with E-state index in [1.165, 1.54) is 14.2 Å². The Labute approximate surface area is 122 Å². The van der Waals surface area contributed by atoms with Gasteiger partial charge in [-0.15, -0.1) is 0 Å². The maximum Gasteiger partial charge on any atom is 0.310 e. The van der Waals surface area contributed by atoms with E-state index in [1.807, 2.05) is 0 Å². The molecule has 0 spiro atoms. The molecule has 0 aromatic rings. The van der Waals surface area contributed by atoms with Crippen LogP contribution in [-0.4, -0.2) is 56.6 Å². The van der Waals surface area contributed by atoms with Gasteiger partial charge < -0.3 is 4.74 Å². The average molecular weight is 318 g/mol. The predicted molar refractivity (Wildman–Crippen MR) is 71.4 cm³/mol. The minimum atomic E-state index is -3.88. The topological polar surface area (TPSA) is 110 Å². The number of carbonyl (C=O) groups excluding carboxylic acids is 3. The molecule has 2 amide bonds. The second kappa shape index (κ2) is 5.72. The molecule has 118 valence electrons. The van der Waals surface area contributed by atoms with E-state index in [0.29, 0.717) is 19.3 Å². The number of likely N-dealkylation sites (tertiary alicyclic amines) is 1. The molecule has 1 saturated carbocycles. The maximum absolute atomic E-state index is 12.4. The third-order valence-corrected chi connectivity index (χ3v) is 6.02. The summed E-state index contributed by atoms with van der Waals surface area (Å²) in [5, 5.41) is -0.918. The lowest BCUT2D eigenvalue weighted by atomic mass is 10.1. The molecule has 2 fully saturated rings. The normalized spacial score (nSPS) is 30.0. The number of ether oxygens (including phenoxy) is 1. The van der Waals surface area contributed by atoms with Crippen molar-refractivity contribution in [3.8, 4) is 0 Å². The summed E-state index contributed by atoms with van der Waals surface area (Å²) in [5.41, 5.74) is 0. The molecule has 0 radical (unpaired) electrons. The molecule has 1 N–H and O–H groups in total. The Kier molecular flexibility index (Phi) is 4.33. The van der Waals surface area contributed by atoms with Gasteiger partial charge in [0, 0.05) is 7.05 Å². The summed E-state index contributed by atoms with van der Waals surface area (Å²) in [6, 6.07) is -1.08. The highest BCUT2D eigenvalue weighted by Gasteiger charge is 2.45. The van der Waals surface area contributed by atoms with Crippen molar-refractivity contribution in [2.45, 2.75) is 37.0 Å². The summed E-state index contributed by atoms with van der Waals surface area (Å²) in [5.74, 6) is -2.29. The van der Waals surface area contributed by atoms with Gasteiger partial charge in [-0.1, -0.05) is 6.42 Å². The molecule has 1 saturated heterocycles. The van der Waals surface area contributed by atoms with Crippen molar-refractivity contribution in [3.63, 3.8) is 0 Å². The second-order valence-corrected chi connectivity index (χ2v) is 7.24. The molecule has 1 aliphatic heterocycles. The number of methoxy groups -OCH3 is 1. The van der Waals surface area contributed by atoms with Crippen LogP contribution in [0.3, 0.4) is 0 Å². The standard InChI is InChI=1S/C12H18N2O6S/c1-14-10(15)6-8(11(14)16)13-21(18,19)9-5-3-4-7(9)12(17)20-2/h7-9,13H,3-6H2,1-2H3. The van der Waals surface area contributed by atoms with E-state index in [-0.39, 0.29) is 6.42 Å². The first-order valence-corrected chi connectivity index (χ1v) is 8.22. The van der Waals surface area contributed by atoms with Gasteiger partial charge in [0.05, 0.1) is 24.7 Å². The summed E-state index contributed by atoms with van der Waals surface area (Å²) in [7, 11) is -1.35. The summed E-state index contributed by atoms with van der Waals surface area (Å²) in [6.45, 7) is 0. The fourth-order valence-electron chi connectivity index (χ4n) is 2.85. The van der Waals surface area contributed by atoms with Gasteiger partial charge in [0.2, 0.25) is 21.8 Å². The van der Waals surface area contributed by atoms with Gasteiger partial charge >= 0.3 is 5.97 Å². The molecule has 0 aromatic carbocycles. The largest absolute Gasteiger partial charge is 0.469 e. The molecule has 21 heavy (non-hydrogen) atoms. The molecule has 2 rings (SSSR count). The van der Waals surface area contributed by atoms with Crippen LogP contribution in [0.1, 0.15) is 25.7 Å². The number of hydrogen-bond donors (Lipinski definition) is 1. The number of hydrogen-bond acceptors (Lipinski definition) is 6. The number of amides is 2.